The van der Waals surface area contributed by atoms with Gasteiger partial charge in [0.25, 0.3) is 0 Å². The first-order chi connectivity index (χ1) is 26.7. The van der Waals surface area contributed by atoms with Crippen LogP contribution in [0, 0.1) is 0 Å². The minimum Gasteiger partial charge on any atom is -0.289 e. The quantitative estimate of drug-likeness (QED) is 0.155. The number of hydrogen-bond donors (Lipinski definition) is 0. The second-order valence-electron chi connectivity index (χ2n) is 13.7. The van der Waals surface area contributed by atoms with Gasteiger partial charge in [0.05, 0.1) is 0 Å². The van der Waals surface area contributed by atoms with E-state index in [1.807, 2.05) is 30.3 Å². The zero-order valence-electron chi connectivity index (χ0n) is 29.7. The number of ketones is 1. The molecule has 1 aliphatic rings. The van der Waals surface area contributed by atoms with E-state index < -0.39 is 0 Å². The normalized spacial score (nSPS) is 12.5. The van der Waals surface area contributed by atoms with E-state index >= 15 is 4.79 Å². The summed E-state index contributed by atoms with van der Waals surface area (Å²) < 4.78 is 0. The molecule has 0 spiro atoms. The van der Waals surface area contributed by atoms with Crippen LogP contribution in [0.15, 0.2) is 218 Å². The maximum absolute atomic E-state index is 15.2. The highest BCUT2D eigenvalue weighted by molar-refractivity contribution is 6.51. The zero-order chi connectivity index (χ0) is 36.3. The monoisotopic (exact) mass is 688 g/mol. The van der Waals surface area contributed by atoms with Crippen molar-refractivity contribution in [3.63, 3.8) is 0 Å². The fraction of sp³-hybridized carbons (Fsp3) is 0. The van der Waals surface area contributed by atoms with E-state index in [0.29, 0.717) is 11.1 Å². The van der Waals surface area contributed by atoms with Gasteiger partial charge in [-0.3, -0.25) is 4.79 Å². The van der Waals surface area contributed by atoms with E-state index in [0.717, 1.165) is 77.9 Å². The third-order valence-electron chi connectivity index (χ3n) is 10.2. The first-order valence-corrected chi connectivity index (χ1v) is 18.4. The third kappa shape index (κ3) is 6.56. The van der Waals surface area contributed by atoms with Crippen molar-refractivity contribution in [1.82, 2.24) is 0 Å². The number of carbonyl (C=O) groups excluding carboxylic acids is 1. The lowest BCUT2D eigenvalue weighted by Crippen LogP contribution is -2.03. The molecule has 8 aromatic carbocycles. The first-order valence-electron chi connectivity index (χ1n) is 18.4. The molecule has 0 amide bonds. The molecule has 0 fully saturated rings. The van der Waals surface area contributed by atoms with Gasteiger partial charge >= 0.3 is 0 Å². The maximum atomic E-state index is 15.2. The van der Waals surface area contributed by atoms with Crippen LogP contribution in [0.4, 0.5) is 0 Å². The van der Waals surface area contributed by atoms with E-state index in [9.17, 15) is 0 Å². The Bertz CT molecular complexity index is 2540. The molecule has 0 aliphatic heterocycles. The van der Waals surface area contributed by atoms with Crippen molar-refractivity contribution in [2.45, 2.75) is 0 Å². The molecule has 0 bridgehead atoms. The van der Waals surface area contributed by atoms with Gasteiger partial charge in [-0.15, -0.1) is 0 Å². The molecule has 254 valence electrons. The Hall–Kier alpha value is -7.09. The molecule has 1 heteroatoms. The van der Waals surface area contributed by atoms with E-state index in [1.54, 1.807) is 0 Å². The van der Waals surface area contributed by atoms with Gasteiger partial charge in [0, 0.05) is 11.1 Å². The van der Waals surface area contributed by atoms with Crippen LogP contribution in [0.2, 0.25) is 0 Å². The third-order valence-corrected chi connectivity index (χ3v) is 10.2. The largest absolute Gasteiger partial charge is 0.289 e. The predicted octanol–water partition coefficient (Wildman–Crippen LogP) is 13.6. The van der Waals surface area contributed by atoms with Gasteiger partial charge in [0.1, 0.15) is 0 Å². The summed E-state index contributed by atoms with van der Waals surface area (Å²) in [7, 11) is 0. The summed E-state index contributed by atoms with van der Waals surface area (Å²) in [6, 6.07) is 73.8. The maximum Gasteiger partial charge on any atom is 0.194 e. The summed E-state index contributed by atoms with van der Waals surface area (Å²) in [6.07, 6.45) is 2.12. The van der Waals surface area contributed by atoms with Crippen LogP contribution in [-0.4, -0.2) is 5.78 Å². The number of carbonyl (C=O) groups is 1. The van der Waals surface area contributed by atoms with Crippen molar-refractivity contribution in [2.75, 3.05) is 0 Å². The SMILES string of the molecule is O=C1C(c2cc(-c3ccccc3)cc(-c3ccccc3)c2)=CC(c2ccc(-c3ccccc3)cc2)=C1c1cc(-c2ccccc2)cc(-c2ccccc2)c1. The summed E-state index contributed by atoms with van der Waals surface area (Å²) in [5.74, 6) is 0.0191. The highest BCUT2D eigenvalue weighted by Crippen LogP contribution is 2.44. The molecule has 0 radical (unpaired) electrons. The number of benzene rings is 8. The molecule has 0 atom stereocenters. The molecule has 0 unspecified atom stereocenters. The average molecular weight is 689 g/mol. The van der Waals surface area contributed by atoms with Crippen LogP contribution in [0.5, 0.6) is 0 Å². The summed E-state index contributed by atoms with van der Waals surface area (Å²) in [6.45, 7) is 0. The smallest absolute Gasteiger partial charge is 0.194 e. The van der Waals surface area contributed by atoms with Crippen molar-refractivity contribution in [3.05, 3.63) is 235 Å². The molecule has 0 aromatic heterocycles. The molecular formula is C53H36O. The Kier molecular flexibility index (Phi) is 8.81. The molecular weight excluding hydrogens is 653 g/mol. The Morgan fingerprint density at radius 1 is 0.241 bits per heavy atom. The first kappa shape index (κ1) is 32.8. The number of rotatable bonds is 8. The van der Waals surface area contributed by atoms with Gasteiger partial charge in [0.2, 0.25) is 0 Å². The average Bonchev–Trinajstić information content (AvgIpc) is 3.61. The lowest BCUT2D eigenvalue weighted by molar-refractivity contribution is -0.108. The highest BCUT2D eigenvalue weighted by Gasteiger charge is 2.30. The van der Waals surface area contributed by atoms with Gasteiger partial charge in [-0.05, 0) is 120 Å². The Labute approximate surface area is 316 Å². The zero-order valence-corrected chi connectivity index (χ0v) is 29.7. The number of Topliss-reactive ketones (excluding diaryl/α,β-unsaturated/α-hetero) is 1. The van der Waals surface area contributed by atoms with E-state index in [1.165, 1.54) is 0 Å². The fourth-order valence-electron chi connectivity index (χ4n) is 7.48. The molecule has 0 saturated carbocycles. The summed E-state index contributed by atoms with van der Waals surface area (Å²) >= 11 is 0. The van der Waals surface area contributed by atoms with Gasteiger partial charge in [-0.2, -0.15) is 0 Å². The minimum atomic E-state index is 0.0191. The molecule has 0 N–H and O–H groups in total. The molecule has 9 rings (SSSR count). The van der Waals surface area contributed by atoms with Gasteiger partial charge < -0.3 is 0 Å². The molecule has 0 saturated heterocycles. The second-order valence-corrected chi connectivity index (χ2v) is 13.7. The van der Waals surface area contributed by atoms with Crippen LogP contribution >= 0.6 is 0 Å². The Morgan fingerprint density at radius 3 is 0.889 bits per heavy atom. The van der Waals surface area contributed by atoms with Gasteiger partial charge in [0.15, 0.2) is 5.78 Å². The van der Waals surface area contributed by atoms with E-state index in [-0.39, 0.29) is 5.78 Å². The number of hydrogen-bond acceptors (Lipinski definition) is 1. The second kappa shape index (κ2) is 14.5. The molecule has 1 aliphatic carbocycles. The Morgan fingerprint density at radius 2 is 0.519 bits per heavy atom. The molecule has 1 nitrogen and oxygen atoms in total. The topological polar surface area (TPSA) is 17.1 Å². The number of allylic oxidation sites excluding steroid dienone is 4. The standard InChI is InChI=1S/C53H36O/c54-53-51(48-32-44(38-18-8-2-9-19-38)30-45(33-48)39-20-10-3-11-21-39)36-50(43-28-26-42(27-29-43)37-16-6-1-7-17-37)52(53)49-34-46(40-22-12-4-13-23-40)31-47(35-49)41-24-14-5-15-25-41/h1-36H. The van der Waals surface area contributed by atoms with Crippen LogP contribution in [0.25, 0.3) is 72.4 Å². The predicted molar refractivity (Wildman–Crippen MR) is 226 cm³/mol. The van der Waals surface area contributed by atoms with Crippen LogP contribution < -0.4 is 0 Å². The van der Waals surface area contributed by atoms with Crippen LogP contribution in [0.1, 0.15) is 16.7 Å². The van der Waals surface area contributed by atoms with Crippen molar-refractivity contribution in [3.8, 4) is 55.6 Å². The summed E-state index contributed by atoms with van der Waals surface area (Å²) in [5.41, 5.74) is 16.1. The van der Waals surface area contributed by atoms with Crippen molar-refractivity contribution in [2.24, 2.45) is 0 Å². The fourth-order valence-corrected chi connectivity index (χ4v) is 7.48. The van der Waals surface area contributed by atoms with Crippen LogP contribution in [-0.2, 0) is 4.79 Å². The van der Waals surface area contributed by atoms with E-state index in [2.05, 4.69) is 188 Å². The van der Waals surface area contributed by atoms with E-state index in [4.69, 9.17) is 0 Å². The van der Waals surface area contributed by atoms with Gasteiger partial charge in [-0.25, -0.2) is 0 Å². The summed E-state index contributed by atoms with van der Waals surface area (Å²) in [5, 5.41) is 0. The van der Waals surface area contributed by atoms with Crippen molar-refractivity contribution >= 4 is 22.5 Å². The summed E-state index contributed by atoms with van der Waals surface area (Å²) in [4.78, 5) is 15.2. The molecule has 54 heavy (non-hydrogen) atoms. The molecule has 0 heterocycles. The Balaban J connectivity index is 1.25. The minimum absolute atomic E-state index is 0.0191. The highest BCUT2D eigenvalue weighted by atomic mass is 16.1. The lowest BCUT2D eigenvalue weighted by atomic mass is 9.88. The lowest BCUT2D eigenvalue weighted by Gasteiger charge is -2.14. The van der Waals surface area contributed by atoms with Crippen molar-refractivity contribution in [1.29, 1.82) is 0 Å². The van der Waals surface area contributed by atoms with Crippen LogP contribution in [0.3, 0.4) is 0 Å². The van der Waals surface area contributed by atoms with Gasteiger partial charge in [-0.1, -0.05) is 176 Å². The van der Waals surface area contributed by atoms with Crippen molar-refractivity contribution < 1.29 is 4.79 Å². The molecule has 8 aromatic rings.